The third kappa shape index (κ3) is 2.36. The van der Waals surface area contributed by atoms with E-state index in [2.05, 4.69) is 22.0 Å². The fourth-order valence-electron chi connectivity index (χ4n) is 2.23. The summed E-state index contributed by atoms with van der Waals surface area (Å²) in [6, 6.07) is 4.58. The van der Waals surface area contributed by atoms with Gasteiger partial charge in [-0.1, -0.05) is 6.07 Å². The van der Waals surface area contributed by atoms with Crippen LogP contribution in [0.4, 0.5) is 0 Å². The summed E-state index contributed by atoms with van der Waals surface area (Å²) < 4.78 is 0. The van der Waals surface area contributed by atoms with E-state index in [1.807, 2.05) is 13.1 Å². The van der Waals surface area contributed by atoms with Crippen molar-refractivity contribution in [3.8, 4) is 0 Å². The van der Waals surface area contributed by atoms with E-state index in [4.69, 9.17) is 5.73 Å². The molecule has 1 saturated heterocycles. The van der Waals surface area contributed by atoms with E-state index in [9.17, 15) is 0 Å². The molecular weight excluding hydrogens is 186 g/mol. The van der Waals surface area contributed by atoms with Crippen LogP contribution in [0.5, 0.6) is 0 Å². The zero-order valence-electron chi connectivity index (χ0n) is 9.32. The monoisotopic (exact) mass is 205 g/mol. The second-order valence-electron chi connectivity index (χ2n) is 4.23. The number of likely N-dealkylation sites (tertiary alicyclic amines) is 1. The molecule has 1 aromatic rings. The average molecular weight is 205 g/mol. The van der Waals surface area contributed by atoms with Crippen molar-refractivity contribution in [2.45, 2.75) is 25.8 Å². The van der Waals surface area contributed by atoms with Crippen LogP contribution in [-0.2, 0) is 0 Å². The van der Waals surface area contributed by atoms with Crippen molar-refractivity contribution in [2.24, 2.45) is 5.73 Å². The van der Waals surface area contributed by atoms with Crippen molar-refractivity contribution >= 4 is 0 Å². The average Bonchev–Trinajstić information content (AvgIpc) is 2.75. The van der Waals surface area contributed by atoms with E-state index in [-0.39, 0.29) is 0 Å². The van der Waals surface area contributed by atoms with Gasteiger partial charge in [-0.3, -0.25) is 9.88 Å². The number of hydrogen-bond acceptors (Lipinski definition) is 3. The van der Waals surface area contributed by atoms with E-state index in [1.165, 1.54) is 31.5 Å². The zero-order valence-corrected chi connectivity index (χ0v) is 9.32. The molecule has 1 fully saturated rings. The maximum Gasteiger partial charge on any atom is 0.0485 e. The molecule has 3 nitrogen and oxygen atoms in total. The highest BCUT2D eigenvalue weighted by molar-refractivity contribution is 5.18. The Kier molecular flexibility index (Phi) is 3.34. The fraction of sp³-hybridized carbons (Fsp3) is 0.583. The van der Waals surface area contributed by atoms with Gasteiger partial charge >= 0.3 is 0 Å². The first-order valence-corrected chi connectivity index (χ1v) is 5.68. The summed E-state index contributed by atoms with van der Waals surface area (Å²) in [7, 11) is 0. The van der Waals surface area contributed by atoms with Gasteiger partial charge in [0.05, 0.1) is 0 Å². The van der Waals surface area contributed by atoms with Gasteiger partial charge in [0.1, 0.15) is 0 Å². The first-order valence-electron chi connectivity index (χ1n) is 5.68. The summed E-state index contributed by atoms with van der Waals surface area (Å²) in [6.45, 7) is 5.05. The number of nitrogens with two attached hydrogens (primary N) is 1. The van der Waals surface area contributed by atoms with Crippen LogP contribution in [0.3, 0.4) is 0 Å². The van der Waals surface area contributed by atoms with Crippen LogP contribution in [0.1, 0.15) is 30.1 Å². The molecule has 0 aromatic carbocycles. The Morgan fingerprint density at radius 2 is 2.13 bits per heavy atom. The highest BCUT2D eigenvalue weighted by Crippen LogP contribution is 2.23. The van der Waals surface area contributed by atoms with Gasteiger partial charge in [-0.25, -0.2) is 0 Å². The number of aryl methyl sites for hydroxylation is 1. The van der Waals surface area contributed by atoms with Crippen LogP contribution in [-0.4, -0.2) is 29.5 Å². The second kappa shape index (κ2) is 4.73. The summed E-state index contributed by atoms with van der Waals surface area (Å²) in [5.41, 5.74) is 8.17. The van der Waals surface area contributed by atoms with Crippen LogP contribution in [0.15, 0.2) is 18.3 Å². The number of hydrogen-bond donors (Lipinski definition) is 1. The van der Waals surface area contributed by atoms with Crippen LogP contribution in [0.25, 0.3) is 0 Å². The highest BCUT2D eigenvalue weighted by Gasteiger charge is 2.21. The minimum absolute atomic E-state index is 0.362. The van der Waals surface area contributed by atoms with Crippen LogP contribution in [0, 0.1) is 6.92 Å². The van der Waals surface area contributed by atoms with Gasteiger partial charge in [0.2, 0.25) is 0 Å². The lowest BCUT2D eigenvalue weighted by molar-refractivity contribution is 0.251. The molecule has 1 aliphatic heterocycles. The normalized spacial score (nSPS) is 19.3. The van der Waals surface area contributed by atoms with Crippen molar-refractivity contribution in [3.63, 3.8) is 0 Å². The smallest absolute Gasteiger partial charge is 0.0485 e. The lowest BCUT2D eigenvalue weighted by Crippen LogP contribution is -2.31. The molecule has 0 saturated carbocycles. The third-order valence-electron chi connectivity index (χ3n) is 3.12. The Labute approximate surface area is 91.3 Å². The molecule has 3 heteroatoms. The van der Waals surface area contributed by atoms with Gasteiger partial charge in [0.25, 0.3) is 0 Å². The number of nitrogens with zero attached hydrogens (tertiary/aromatic N) is 2. The van der Waals surface area contributed by atoms with Crippen molar-refractivity contribution in [1.29, 1.82) is 0 Å². The minimum Gasteiger partial charge on any atom is -0.329 e. The molecule has 0 bridgehead atoms. The van der Waals surface area contributed by atoms with Crippen LogP contribution >= 0.6 is 0 Å². The van der Waals surface area contributed by atoms with Crippen LogP contribution in [0.2, 0.25) is 0 Å². The summed E-state index contributed by atoms with van der Waals surface area (Å²) in [5, 5.41) is 0. The fourth-order valence-corrected chi connectivity index (χ4v) is 2.23. The number of aromatic nitrogens is 1. The van der Waals surface area contributed by atoms with E-state index >= 15 is 0 Å². The van der Waals surface area contributed by atoms with E-state index in [1.54, 1.807) is 0 Å². The Balaban J connectivity index is 2.14. The molecule has 15 heavy (non-hydrogen) atoms. The molecule has 2 rings (SSSR count). The van der Waals surface area contributed by atoms with Gasteiger partial charge in [0, 0.05) is 24.5 Å². The Hall–Kier alpha value is -0.930. The van der Waals surface area contributed by atoms with E-state index in [0.717, 1.165) is 5.69 Å². The second-order valence-corrected chi connectivity index (χ2v) is 4.23. The predicted octanol–water partition coefficient (Wildman–Crippen LogP) is 1.49. The van der Waals surface area contributed by atoms with Gasteiger partial charge in [-0.05, 0) is 44.5 Å². The summed E-state index contributed by atoms with van der Waals surface area (Å²) in [5.74, 6) is 0. The first kappa shape index (κ1) is 10.6. The molecule has 2 heterocycles. The highest BCUT2D eigenvalue weighted by atomic mass is 15.2. The minimum atomic E-state index is 0.362. The molecule has 1 aliphatic rings. The summed E-state index contributed by atoms with van der Waals surface area (Å²) in [4.78, 5) is 6.80. The molecule has 82 valence electrons. The molecule has 0 spiro atoms. The topological polar surface area (TPSA) is 42.1 Å². The Morgan fingerprint density at radius 1 is 1.40 bits per heavy atom. The van der Waals surface area contributed by atoms with Crippen molar-refractivity contribution in [3.05, 3.63) is 29.6 Å². The maximum absolute atomic E-state index is 5.85. The molecule has 1 aromatic heterocycles. The summed E-state index contributed by atoms with van der Waals surface area (Å²) >= 11 is 0. The van der Waals surface area contributed by atoms with Gasteiger partial charge in [-0.15, -0.1) is 0 Å². The Morgan fingerprint density at radius 3 is 2.67 bits per heavy atom. The third-order valence-corrected chi connectivity index (χ3v) is 3.12. The van der Waals surface area contributed by atoms with Crippen molar-refractivity contribution in [1.82, 2.24) is 9.88 Å². The molecule has 1 unspecified atom stereocenters. The van der Waals surface area contributed by atoms with Gasteiger partial charge in [-0.2, -0.15) is 0 Å². The zero-order chi connectivity index (χ0) is 10.7. The lowest BCUT2D eigenvalue weighted by atomic mass is 10.1. The quantitative estimate of drug-likeness (QED) is 0.813. The standard InChI is InChI=1S/C12H19N3/c1-10-4-5-11(9-14-10)12(8-13)15-6-2-3-7-15/h4-5,9,12H,2-3,6-8,13H2,1H3. The summed E-state index contributed by atoms with van der Waals surface area (Å²) in [6.07, 6.45) is 4.57. The SMILES string of the molecule is Cc1ccc(C(CN)N2CCCC2)cn1. The first-order chi connectivity index (χ1) is 7.31. The molecule has 1 atom stereocenters. The molecule has 0 amide bonds. The maximum atomic E-state index is 5.85. The molecule has 0 radical (unpaired) electrons. The molecule has 0 aliphatic carbocycles. The van der Waals surface area contributed by atoms with Gasteiger partial charge in [0.15, 0.2) is 0 Å². The number of pyridine rings is 1. The van der Waals surface area contributed by atoms with Crippen molar-refractivity contribution in [2.75, 3.05) is 19.6 Å². The molecular formula is C12H19N3. The van der Waals surface area contributed by atoms with Crippen molar-refractivity contribution < 1.29 is 0 Å². The lowest BCUT2D eigenvalue weighted by Gasteiger charge is -2.26. The van der Waals surface area contributed by atoms with E-state index < -0.39 is 0 Å². The largest absolute Gasteiger partial charge is 0.329 e. The van der Waals surface area contributed by atoms with E-state index in [0.29, 0.717) is 12.6 Å². The van der Waals surface area contributed by atoms with Crippen LogP contribution < -0.4 is 5.73 Å². The molecule has 2 N–H and O–H groups in total. The van der Waals surface area contributed by atoms with Gasteiger partial charge < -0.3 is 5.73 Å². The Bertz CT molecular complexity index is 301. The number of rotatable bonds is 3. The predicted molar refractivity (Wildman–Crippen MR) is 61.6 cm³/mol.